The normalized spacial score (nSPS) is 11.4. The number of hydrogen-bond acceptors (Lipinski definition) is 2. The molecule has 0 fully saturated rings. The van der Waals surface area contributed by atoms with Gasteiger partial charge in [-0.1, -0.05) is 164 Å². The van der Waals surface area contributed by atoms with Gasteiger partial charge in [0.15, 0.2) is 0 Å². The van der Waals surface area contributed by atoms with E-state index in [2.05, 4.69) is 275 Å². The fourth-order valence-corrected chi connectivity index (χ4v) is 9.89. The average Bonchev–Trinajstić information content (AvgIpc) is 3.70. The van der Waals surface area contributed by atoms with Crippen molar-refractivity contribution >= 4 is 77.5 Å². The maximum absolute atomic E-state index is 2.43. The zero-order chi connectivity index (χ0) is 43.1. The Morgan fingerprint density at radius 3 is 0.892 bits per heavy atom. The first-order valence-corrected chi connectivity index (χ1v) is 22.3. The largest absolute Gasteiger partial charge is 0.310 e. The topological polar surface area (TPSA) is 11.4 Å². The van der Waals surface area contributed by atoms with Gasteiger partial charge in [-0.2, -0.15) is 0 Å². The number of benzene rings is 11. The van der Waals surface area contributed by atoms with Crippen molar-refractivity contribution in [2.24, 2.45) is 0 Å². The van der Waals surface area contributed by atoms with E-state index in [9.17, 15) is 0 Å². The van der Waals surface area contributed by atoms with Crippen LogP contribution in [0.25, 0.3) is 71.3 Å². The number of hydrogen-bond donors (Lipinski definition) is 0. The van der Waals surface area contributed by atoms with E-state index in [1.54, 1.807) is 0 Å². The highest BCUT2D eigenvalue weighted by molar-refractivity contribution is 6.21. The van der Waals surface area contributed by atoms with Crippen molar-refractivity contribution in [3.63, 3.8) is 0 Å². The van der Waals surface area contributed by atoms with Crippen LogP contribution in [0.1, 0.15) is 0 Å². The summed E-state index contributed by atoms with van der Waals surface area (Å²) in [6, 6.07) is 94.2. The van der Waals surface area contributed by atoms with Gasteiger partial charge >= 0.3 is 0 Å². The molecule has 3 heteroatoms. The molecule has 0 aliphatic carbocycles. The van der Waals surface area contributed by atoms with E-state index in [1.165, 1.54) is 54.6 Å². The van der Waals surface area contributed by atoms with Crippen LogP contribution in [0.5, 0.6) is 0 Å². The van der Waals surface area contributed by atoms with Crippen molar-refractivity contribution in [2.75, 3.05) is 9.80 Å². The summed E-state index contributed by atoms with van der Waals surface area (Å²) in [5.41, 5.74) is 14.9. The predicted octanol–water partition coefficient (Wildman–Crippen LogP) is 17.4. The summed E-state index contributed by atoms with van der Waals surface area (Å²) in [5.74, 6) is 0. The minimum absolute atomic E-state index is 1.09. The Hall–Kier alpha value is -8.66. The molecule has 1 heterocycles. The smallest absolute Gasteiger partial charge is 0.0542 e. The van der Waals surface area contributed by atoms with Crippen molar-refractivity contribution in [1.29, 1.82) is 0 Å². The van der Waals surface area contributed by atoms with E-state index in [1.807, 2.05) is 0 Å². The molecule has 0 saturated heterocycles. The molecule has 0 amide bonds. The van der Waals surface area contributed by atoms with Gasteiger partial charge in [-0.05, 0) is 141 Å². The molecule has 0 radical (unpaired) electrons. The number of aromatic nitrogens is 1. The molecule has 0 N–H and O–H groups in total. The van der Waals surface area contributed by atoms with Crippen LogP contribution >= 0.6 is 0 Å². The summed E-state index contributed by atoms with van der Waals surface area (Å²) in [7, 11) is 0. The molecule has 65 heavy (non-hydrogen) atoms. The summed E-state index contributed by atoms with van der Waals surface area (Å²) in [6.07, 6.45) is 0. The molecule has 0 unspecified atom stereocenters. The zero-order valence-electron chi connectivity index (χ0n) is 35.7. The number of fused-ring (bicyclic) bond motifs is 5. The fourth-order valence-electron chi connectivity index (χ4n) is 9.89. The Bertz CT molecular complexity index is 3350. The van der Waals surface area contributed by atoms with E-state index in [0.717, 1.165) is 50.8 Å². The number of anilines is 6. The summed E-state index contributed by atoms with van der Waals surface area (Å²) >= 11 is 0. The number of nitrogens with zero attached hydrogens (tertiary/aromatic N) is 3. The first-order valence-electron chi connectivity index (χ1n) is 22.3. The van der Waals surface area contributed by atoms with Crippen molar-refractivity contribution in [3.8, 4) is 27.9 Å². The van der Waals surface area contributed by atoms with Crippen molar-refractivity contribution in [3.05, 3.63) is 261 Å². The van der Waals surface area contributed by atoms with Crippen LogP contribution in [0.3, 0.4) is 0 Å². The van der Waals surface area contributed by atoms with Gasteiger partial charge in [0.25, 0.3) is 0 Å². The second-order valence-corrected chi connectivity index (χ2v) is 16.5. The summed E-state index contributed by atoms with van der Waals surface area (Å²) < 4.78 is 2.43. The molecule has 0 aliphatic heterocycles. The van der Waals surface area contributed by atoms with Crippen molar-refractivity contribution in [2.45, 2.75) is 0 Å². The van der Waals surface area contributed by atoms with Crippen LogP contribution in [0.2, 0.25) is 0 Å². The predicted molar refractivity (Wildman–Crippen MR) is 276 cm³/mol. The molecule has 0 atom stereocenters. The summed E-state index contributed by atoms with van der Waals surface area (Å²) in [5, 5.41) is 7.36. The van der Waals surface area contributed by atoms with Gasteiger partial charge < -0.3 is 14.4 Å². The van der Waals surface area contributed by atoms with Gasteiger partial charge in [-0.15, -0.1) is 0 Å². The minimum Gasteiger partial charge on any atom is -0.310 e. The van der Waals surface area contributed by atoms with Gasteiger partial charge in [0.05, 0.1) is 11.0 Å². The van der Waals surface area contributed by atoms with Crippen LogP contribution in [0.15, 0.2) is 261 Å². The van der Waals surface area contributed by atoms with E-state index >= 15 is 0 Å². The SMILES string of the molecule is c1ccc(-c2c3ccccc3c(-c3ccc(-n4c5ccc(N(c6ccccc6)c6ccccc6)cc5c5cc(N(c6ccccc6)c6ccccc6)ccc54)cc3)c3ccccc23)cc1. The molecular formula is C62H43N3. The van der Waals surface area contributed by atoms with E-state index in [-0.39, 0.29) is 0 Å². The highest BCUT2D eigenvalue weighted by Crippen LogP contribution is 2.46. The second kappa shape index (κ2) is 16.2. The maximum Gasteiger partial charge on any atom is 0.0542 e. The Morgan fingerprint density at radius 2 is 0.538 bits per heavy atom. The Morgan fingerprint density at radius 1 is 0.231 bits per heavy atom. The van der Waals surface area contributed by atoms with Crippen LogP contribution in [0, 0.1) is 0 Å². The third kappa shape index (κ3) is 6.70. The molecule has 3 nitrogen and oxygen atoms in total. The third-order valence-corrected chi connectivity index (χ3v) is 12.7. The molecule has 0 aliphatic rings. The molecule has 11 aromatic carbocycles. The lowest BCUT2D eigenvalue weighted by molar-refractivity contribution is 1.18. The third-order valence-electron chi connectivity index (χ3n) is 12.7. The molecule has 0 spiro atoms. The van der Waals surface area contributed by atoms with Gasteiger partial charge in [0, 0.05) is 50.6 Å². The monoisotopic (exact) mass is 829 g/mol. The maximum atomic E-state index is 2.43. The van der Waals surface area contributed by atoms with Gasteiger partial charge in [0.2, 0.25) is 0 Å². The first kappa shape index (κ1) is 38.0. The van der Waals surface area contributed by atoms with E-state index in [0.29, 0.717) is 0 Å². The van der Waals surface area contributed by atoms with Crippen LogP contribution in [-0.2, 0) is 0 Å². The number of rotatable bonds is 9. The molecule has 12 rings (SSSR count). The zero-order valence-corrected chi connectivity index (χ0v) is 35.7. The summed E-state index contributed by atoms with van der Waals surface area (Å²) in [6.45, 7) is 0. The molecule has 306 valence electrons. The number of para-hydroxylation sites is 4. The highest BCUT2D eigenvalue weighted by Gasteiger charge is 2.21. The molecule has 1 aromatic heterocycles. The van der Waals surface area contributed by atoms with E-state index < -0.39 is 0 Å². The van der Waals surface area contributed by atoms with Crippen LogP contribution in [0.4, 0.5) is 34.1 Å². The summed E-state index contributed by atoms with van der Waals surface area (Å²) in [4.78, 5) is 4.69. The Balaban J connectivity index is 1.06. The minimum atomic E-state index is 1.09. The fraction of sp³-hybridized carbons (Fsp3) is 0. The Kier molecular flexibility index (Phi) is 9.50. The van der Waals surface area contributed by atoms with Gasteiger partial charge in [0.1, 0.15) is 0 Å². The molecule has 0 bridgehead atoms. The van der Waals surface area contributed by atoms with Gasteiger partial charge in [-0.25, -0.2) is 0 Å². The highest BCUT2D eigenvalue weighted by atomic mass is 15.1. The first-order chi connectivity index (χ1) is 32.3. The average molecular weight is 830 g/mol. The Labute approximate surface area is 378 Å². The molecule has 12 aromatic rings. The molecule has 0 saturated carbocycles. The second-order valence-electron chi connectivity index (χ2n) is 16.5. The lowest BCUT2D eigenvalue weighted by Crippen LogP contribution is -2.09. The quantitative estimate of drug-likeness (QED) is 0.134. The molecular weight excluding hydrogens is 787 g/mol. The van der Waals surface area contributed by atoms with Crippen LogP contribution < -0.4 is 9.80 Å². The van der Waals surface area contributed by atoms with E-state index in [4.69, 9.17) is 0 Å². The van der Waals surface area contributed by atoms with Gasteiger partial charge in [-0.3, -0.25) is 0 Å². The van der Waals surface area contributed by atoms with Crippen molar-refractivity contribution < 1.29 is 0 Å². The van der Waals surface area contributed by atoms with Crippen molar-refractivity contribution in [1.82, 2.24) is 4.57 Å². The lowest BCUT2D eigenvalue weighted by atomic mass is 9.86. The standard InChI is InChI=1S/C62H43N3/c1-6-20-44(21-7-1)61-53-30-16-18-32-55(53)62(56-33-19-17-31-54(56)61)45-34-36-50(37-35-45)65-59-40-38-51(63(46-22-8-2-9-23-46)47-24-10-3-11-25-47)42-57(59)58-43-52(39-41-60(58)65)64(48-26-12-4-13-27-48)49-28-14-5-15-29-49/h1-43H. The lowest BCUT2D eigenvalue weighted by Gasteiger charge is -2.26. The van der Waals surface area contributed by atoms with Crippen LogP contribution in [-0.4, -0.2) is 4.57 Å².